The number of hydrogen-bond acceptors (Lipinski definition) is 6. The zero-order valence-electron chi connectivity index (χ0n) is 30.6. The van der Waals surface area contributed by atoms with E-state index in [0.29, 0.717) is 13.1 Å². The van der Waals surface area contributed by atoms with Crippen molar-refractivity contribution in [1.29, 1.82) is 0 Å². The second kappa shape index (κ2) is 28.0. The Morgan fingerprint density at radius 3 is 1.55 bits per heavy atom. The van der Waals surface area contributed by atoms with E-state index in [1.165, 1.54) is 24.0 Å². The van der Waals surface area contributed by atoms with E-state index in [-0.39, 0.29) is 11.8 Å². The molecule has 0 heterocycles. The number of hydrogen-bond donors (Lipinski definition) is 2. The van der Waals surface area contributed by atoms with Crippen LogP contribution in [0.2, 0.25) is 0 Å². The van der Waals surface area contributed by atoms with Gasteiger partial charge in [-0.15, -0.1) is 0 Å². The van der Waals surface area contributed by atoms with Gasteiger partial charge >= 0.3 is 0 Å². The van der Waals surface area contributed by atoms with Gasteiger partial charge < -0.3 is 29.9 Å². The summed E-state index contributed by atoms with van der Waals surface area (Å²) in [5, 5.41) is 6.47. The molecule has 47 heavy (non-hydrogen) atoms. The predicted molar refractivity (Wildman–Crippen MR) is 197 cm³/mol. The lowest BCUT2D eigenvalue weighted by atomic mass is 10.1. The highest BCUT2D eigenvalue weighted by atomic mass is 16.5. The fourth-order valence-corrected chi connectivity index (χ4v) is 4.64. The lowest BCUT2D eigenvalue weighted by Crippen LogP contribution is -2.39. The summed E-state index contributed by atoms with van der Waals surface area (Å²) in [7, 11) is 3.53. The summed E-state index contributed by atoms with van der Waals surface area (Å²) < 4.78 is 11.5. The van der Waals surface area contributed by atoms with Crippen LogP contribution in [0.5, 0.6) is 11.5 Å². The van der Waals surface area contributed by atoms with Crippen molar-refractivity contribution >= 4 is 11.8 Å². The minimum absolute atomic E-state index is 0.100. The topological polar surface area (TPSA) is 83.1 Å². The van der Waals surface area contributed by atoms with E-state index in [4.69, 9.17) is 9.47 Å². The Bertz CT molecular complexity index is 1070. The van der Waals surface area contributed by atoms with Crippen LogP contribution in [0, 0.1) is 0 Å². The molecule has 0 bridgehead atoms. The molecule has 0 atom stereocenters. The number of rotatable bonds is 25. The minimum atomic E-state index is 0.100. The molecule has 2 N–H and O–H groups in total. The molecule has 0 saturated carbocycles. The SMILES string of the molecule is CCCCCOc1cccc(CCNCC(=O)N(C)C)c1.CCCCOc1cccc(CCNCC(=O)N(CCCC)CCCC)c1. The van der Waals surface area contributed by atoms with Crippen molar-refractivity contribution in [1.82, 2.24) is 20.4 Å². The lowest BCUT2D eigenvalue weighted by molar-refractivity contribution is -0.130. The molecule has 0 saturated heterocycles. The molecule has 0 radical (unpaired) electrons. The van der Waals surface area contributed by atoms with Gasteiger partial charge in [0.25, 0.3) is 0 Å². The average molecular weight is 655 g/mol. The van der Waals surface area contributed by atoms with E-state index in [2.05, 4.69) is 62.6 Å². The zero-order valence-corrected chi connectivity index (χ0v) is 30.6. The molecule has 0 aromatic heterocycles. The van der Waals surface area contributed by atoms with E-state index in [9.17, 15) is 9.59 Å². The molecule has 8 heteroatoms. The van der Waals surface area contributed by atoms with Crippen LogP contribution in [0.3, 0.4) is 0 Å². The van der Waals surface area contributed by atoms with E-state index in [1.807, 2.05) is 29.2 Å². The van der Waals surface area contributed by atoms with E-state index in [1.54, 1.807) is 19.0 Å². The van der Waals surface area contributed by atoms with Crippen molar-refractivity contribution in [2.45, 2.75) is 98.3 Å². The Hall–Kier alpha value is -3.10. The van der Waals surface area contributed by atoms with Crippen LogP contribution >= 0.6 is 0 Å². The first kappa shape index (κ1) is 41.9. The van der Waals surface area contributed by atoms with Crippen LogP contribution in [0.1, 0.15) is 96.6 Å². The molecule has 2 rings (SSSR count). The molecule has 0 aliphatic carbocycles. The summed E-state index contributed by atoms with van der Waals surface area (Å²) in [6.07, 6.45) is 12.0. The highest BCUT2D eigenvalue weighted by Gasteiger charge is 2.11. The quantitative estimate of drug-likeness (QED) is 0.113. The van der Waals surface area contributed by atoms with Crippen molar-refractivity contribution in [2.24, 2.45) is 0 Å². The van der Waals surface area contributed by atoms with Crippen LogP contribution in [0.25, 0.3) is 0 Å². The first-order chi connectivity index (χ1) is 22.8. The molecule has 0 aliphatic heterocycles. The van der Waals surface area contributed by atoms with Crippen LogP contribution in [-0.4, -0.2) is 88.2 Å². The molecule has 2 amide bonds. The largest absolute Gasteiger partial charge is 0.494 e. The van der Waals surface area contributed by atoms with Gasteiger partial charge in [-0.1, -0.05) is 84.1 Å². The average Bonchev–Trinajstić information content (AvgIpc) is 3.07. The molecule has 266 valence electrons. The third kappa shape index (κ3) is 21.4. The molecule has 8 nitrogen and oxygen atoms in total. The maximum absolute atomic E-state index is 12.4. The molecular formula is C39H66N4O4. The van der Waals surface area contributed by atoms with Crippen LogP contribution < -0.4 is 20.1 Å². The number of nitrogens with zero attached hydrogens (tertiary/aromatic N) is 2. The van der Waals surface area contributed by atoms with Crippen molar-refractivity contribution in [3.63, 3.8) is 0 Å². The van der Waals surface area contributed by atoms with Crippen molar-refractivity contribution < 1.29 is 19.1 Å². The molecule has 2 aromatic carbocycles. The summed E-state index contributed by atoms with van der Waals surface area (Å²) in [6, 6.07) is 16.5. The van der Waals surface area contributed by atoms with Gasteiger partial charge in [-0.25, -0.2) is 0 Å². The van der Waals surface area contributed by atoms with Gasteiger partial charge in [0.2, 0.25) is 11.8 Å². The Balaban J connectivity index is 0.000000481. The molecular weight excluding hydrogens is 588 g/mol. The summed E-state index contributed by atoms with van der Waals surface area (Å²) in [6.45, 7) is 14.4. The van der Waals surface area contributed by atoms with Crippen molar-refractivity contribution in [3.05, 3.63) is 59.7 Å². The van der Waals surface area contributed by atoms with Gasteiger partial charge in [0, 0.05) is 27.2 Å². The van der Waals surface area contributed by atoms with E-state index < -0.39 is 0 Å². The summed E-state index contributed by atoms with van der Waals surface area (Å²) in [5.41, 5.74) is 2.47. The van der Waals surface area contributed by atoms with Crippen molar-refractivity contribution in [3.8, 4) is 11.5 Å². The number of nitrogens with one attached hydrogen (secondary N) is 2. The second-order valence-corrected chi connectivity index (χ2v) is 12.3. The van der Waals surface area contributed by atoms with Gasteiger partial charge in [-0.3, -0.25) is 9.59 Å². The first-order valence-electron chi connectivity index (χ1n) is 18.2. The number of benzene rings is 2. The fraction of sp³-hybridized carbons (Fsp3) is 0.641. The maximum Gasteiger partial charge on any atom is 0.236 e. The third-order valence-electron chi connectivity index (χ3n) is 7.73. The summed E-state index contributed by atoms with van der Waals surface area (Å²) in [4.78, 5) is 27.4. The molecule has 0 aliphatic rings. The Morgan fingerprint density at radius 1 is 0.617 bits per heavy atom. The van der Waals surface area contributed by atoms with Crippen molar-refractivity contribution in [2.75, 3.05) is 66.6 Å². The Labute approximate surface area is 287 Å². The molecule has 0 spiro atoms. The zero-order chi connectivity index (χ0) is 34.5. The fourth-order valence-electron chi connectivity index (χ4n) is 4.64. The number of ether oxygens (including phenoxy) is 2. The normalized spacial score (nSPS) is 10.6. The van der Waals surface area contributed by atoms with E-state index in [0.717, 1.165) is 109 Å². The standard InChI is InChI=1S/C22H38N2O2.C17H28N2O2/c1-4-7-15-24(16-8-5-2)22(25)19-23-14-13-20-11-10-12-21(18-20)26-17-9-6-3;1-4-5-6-12-21-16-9-7-8-15(13-16)10-11-18-14-17(20)19(2)3/h10-12,18,23H,4-9,13-17,19H2,1-3H3;7-9,13,18H,4-6,10-12,14H2,1-3H3. The first-order valence-corrected chi connectivity index (χ1v) is 18.2. The smallest absolute Gasteiger partial charge is 0.236 e. The predicted octanol–water partition coefficient (Wildman–Crippen LogP) is 6.90. The lowest BCUT2D eigenvalue weighted by Gasteiger charge is -2.22. The Morgan fingerprint density at radius 2 is 1.09 bits per heavy atom. The molecule has 2 aromatic rings. The van der Waals surface area contributed by atoms with Gasteiger partial charge in [0.1, 0.15) is 11.5 Å². The molecule has 0 unspecified atom stereocenters. The monoisotopic (exact) mass is 655 g/mol. The number of carbonyl (C=O) groups excluding carboxylic acids is 2. The molecule has 0 fully saturated rings. The minimum Gasteiger partial charge on any atom is -0.494 e. The number of carbonyl (C=O) groups is 2. The van der Waals surface area contributed by atoms with Gasteiger partial charge in [-0.2, -0.15) is 0 Å². The van der Waals surface area contributed by atoms with Gasteiger partial charge in [0.05, 0.1) is 26.3 Å². The Kier molecular flexibility index (Phi) is 24.9. The van der Waals surface area contributed by atoms with Gasteiger partial charge in [0.15, 0.2) is 0 Å². The van der Waals surface area contributed by atoms with Gasteiger partial charge in [-0.05, 0) is 87.0 Å². The second-order valence-electron chi connectivity index (χ2n) is 12.3. The number of likely N-dealkylation sites (N-methyl/N-ethyl adjacent to an activating group) is 1. The van der Waals surface area contributed by atoms with E-state index >= 15 is 0 Å². The highest BCUT2D eigenvalue weighted by molar-refractivity contribution is 5.78. The third-order valence-corrected chi connectivity index (χ3v) is 7.73. The van der Waals surface area contributed by atoms with Crippen LogP contribution in [0.15, 0.2) is 48.5 Å². The maximum atomic E-state index is 12.4. The van der Waals surface area contributed by atoms with Crippen LogP contribution in [0.4, 0.5) is 0 Å². The number of amides is 2. The summed E-state index contributed by atoms with van der Waals surface area (Å²) in [5.74, 6) is 2.21. The summed E-state index contributed by atoms with van der Waals surface area (Å²) >= 11 is 0. The number of unbranched alkanes of at least 4 members (excludes halogenated alkanes) is 5. The van der Waals surface area contributed by atoms with Crippen LogP contribution in [-0.2, 0) is 22.4 Å². The highest BCUT2D eigenvalue weighted by Crippen LogP contribution is 2.15.